The first-order valence-corrected chi connectivity index (χ1v) is 11.7. The quantitative estimate of drug-likeness (QED) is 0.729. The molecular formula is C25H35N3O3. The molecule has 31 heavy (non-hydrogen) atoms. The molecule has 2 aliphatic rings. The summed E-state index contributed by atoms with van der Waals surface area (Å²) in [6.07, 6.45) is 6.79. The number of amides is 2. The van der Waals surface area contributed by atoms with Crippen LogP contribution in [0.5, 0.6) is 0 Å². The number of nitrogens with zero attached hydrogens (tertiary/aromatic N) is 2. The maximum absolute atomic E-state index is 13.7. The Bertz CT molecular complexity index is 922. The monoisotopic (exact) mass is 425 g/mol. The number of nitrogens with one attached hydrogen (secondary N) is 1. The van der Waals surface area contributed by atoms with Gasteiger partial charge in [-0.1, -0.05) is 20.8 Å². The highest BCUT2D eigenvalue weighted by molar-refractivity contribution is 6.00. The molecular weight excluding hydrogens is 390 g/mol. The second kappa shape index (κ2) is 8.56. The van der Waals surface area contributed by atoms with E-state index < -0.39 is 5.54 Å². The summed E-state index contributed by atoms with van der Waals surface area (Å²) in [6.45, 7) is 9.48. The Hall–Kier alpha value is -2.50. The van der Waals surface area contributed by atoms with Crippen LogP contribution in [0.1, 0.15) is 70.3 Å². The highest BCUT2D eigenvalue weighted by Crippen LogP contribution is 2.34. The van der Waals surface area contributed by atoms with Crippen LogP contribution in [0, 0.1) is 11.8 Å². The summed E-state index contributed by atoms with van der Waals surface area (Å²) in [5.74, 6) is 1.75. The van der Waals surface area contributed by atoms with E-state index in [0.29, 0.717) is 30.5 Å². The average molecular weight is 426 g/mol. The molecule has 3 heterocycles. The predicted molar refractivity (Wildman–Crippen MR) is 121 cm³/mol. The zero-order valence-corrected chi connectivity index (χ0v) is 19.2. The fourth-order valence-corrected chi connectivity index (χ4v) is 4.90. The Labute approximate surface area is 185 Å². The van der Waals surface area contributed by atoms with Gasteiger partial charge in [0.1, 0.15) is 17.0 Å². The number of hydrogen-bond acceptors (Lipinski definition) is 3. The molecule has 1 N–H and O–H groups in total. The summed E-state index contributed by atoms with van der Waals surface area (Å²) < 4.78 is 7.55. The smallest absolute Gasteiger partial charge is 0.271 e. The molecule has 6 heteroatoms. The standard InChI is InChI=1S/C25H35N3O3/c1-17(2)13-14-28-23(29)21-12-11-20(22-6-5-15-31-22)27(21)16-25(28,4)24(30)26-19-9-7-18(3)8-10-19/h5-6,11-12,15,17-19H,7-10,13-14,16H2,1-4H3,(H,26,30). The van der Waals surface area contributed by atoms with Crippen LogP contribution >= 0.6 is 0 Å². The van der Waals surface area contributed by atoms with Crippen molar-refractivity contribution in [2.24, 2.45) is 11.8 Å². The summed E-state index contributed by atoms with van der Waals surface area (Å²) >= 11 is 0. The molecule has 2 aromatic heterocycles. The minimum Gasteiger partial charge on any atom is -0.463 e. The number of carbonyl (C=O) groups is 2. The minimum absolute atomic E-state index is 0.0473. The first-order chi connectivity index (χ1) is 14.8. The van der Waals surface area contributed by atoms with Gasteiger partial charge in [0.05, 0.1) is 18.5 Å². The zero-order valence-electron chi connectivity index (χ0n) is 19.2. The molecule has 1 aliphatic heterocycles. The third-order valence-electron chi connectivity index (χ3n) is 7.05. The second-order valence-corrected chi connectivity index (χ2v) is 10.0. The third-order valence-corrected chi connectivity index (χ3v) is 7.05. The fourth-order valence-electron chi connectivity index (χ4n) is 4.90. The lowest BCUT2D eigenvalue weighted by Crippen LogP contribution is -2.65. The van der Waals surface area contributed by atoms with Crippen molar-refractivity contribution in [2.45, 2.75) is 77.9 Å². The van der Waals surface area contributed by atoms with Crippen molar-refractivity contribution >= 4 is 11.8 Å². The molecule has 1 atom stereocenters. The maximum atomic E-state index is 13.7. The van der Waals surface area contributed by atoms with E-state index in [9.17, 15) is 9.59 Å². The largest absolute Gasteiger partial charge is 0.463 e. The van der Waals surface area contributed by atoms with Crippen LogP contribution in [-0.4, -0.2) is 39.4 Å². The third kappa shape index (κ3) is 4.17. The average Bonchev–Trinajstić information content (AvgIpc) is 3.38. The van der Waals surface area contributed by atoms with E-state index in [2.05, 4.69) is 26.1 Å². The van der Waals surface area contributed by atoms with Crippen LogP contribution in [-0.2, 0) is 11.3 Å². The van der Waals surface area contributed by atoms with Crippen molar-refractivity contribution in [1.29, 1.82) is 0 Å². The van der Waals surface area contributed by atoms with Gasteiger partial charge in [-0.05, 0) is 75.1 Å². The molecule has 6 nitrogen and oxygen atoms in total. The van der Waals surface area contributed by atoms with Gasteiger partial charge in [-0.3, -0.25) is 9.59 Å². The lowest BCUT2D eigenvalue weighted by atomic mass is 9.86. The van der Waals surface area contributed by atoms with Crippen LogP contribution in [0.3, 0.4) is 0 Å². The van der Waals surface area contributed by atoms with Crippen molar-refractivity contribution in [3.05, 3.63) is 36.2 Å². The number of hydrogen-bond donors (Lipinski definition) is 1. The number of fused-ring (bicyclic) bond motifs is 1. The molecule has 1 saturated carbocycles. The molecule has 1 unspecified atom stereocenters. The predicted octanol–water partition coefficient (Wildman–Crippen LogP) is 4.70. The molecule has 0 aromatic carbocycles. The van der Waals surface area contributed by atoms with Gasteiger partial charge >= 0.3 is 0 Å². The summed E-state index contributed by atoms with van der Waals surface area (Å²) in [4.78, 5) is 29.0. The molecule has 0 radical (unpaired) electrons. The zero-order chi connectivity index (χ0) is 22.2. The Morgan fingerprint density at radius 1 is 1.19 bits per heavy atom. The molecule has 168 valence electrons. The van der Waals surface area contributed by atoms with E-state index in [-0.39, 0.29) is 17.9 Å². The summed E-state index contributed by atoms with van der Waals surface area (Å²) in [5, 5.41) is 3.30. The second-order valence-electron chi connectivity index (χ2n) is 10.0. The van der Waals surface area contributed by atoms with Crippen LogP contribution in [0.2, 0.25) is 0 Å². The minimum atomic E-state index is -0.942. The Morgan fingerprint density at radius 2 is 1.90 bits per heavy atom. The van der Waals surface area contributed by atoms with E-state index in [1.54, 1.807) is 11.2 Å². The molecule has 0 bridgehead atoms. The van der Waals surface area contributed by atoms with Crippen LogP contribution in [0.25, 0.3) is 11.5 Å². The number of furan rings is 1. The van der Waals surface area contributed by atoms with E-state index in [1.165, 1.54) is 0 Å². The normalized spacial score (nSPS) is 26.2. The van der Waals surface area contributed by atoms with E-state index in [0.717, 1.165) is 43.7 Å². The van der Waals surface area contributed by atoms with Gasteiger partial charge in [0, 0.05) is 12.6 Å². The van der Waals surface area contributed by atoms with Gasteiger partial charge in [0.2, 0.25) is 5.91 Å². The van der Waals surface area contributed by atoms with Crippen molar-refractivity contribution in [2.75, 3.05) is 6.54 Å². The van der Waals surface area contributed by atoms with E-state index in [4.69, 9.17) is 4.42 Å². The van der Waals surface area contributed by atoms with Crippen molar-refractivity contribution in [3.63, 3.8) is 0 Å². The fraction of sp³-hybridized carbons (Fsp3) is 0.600. The van der Waals surface area contributed by atoms with Crippen LogP contribution < -0.4 is 5.32 Å². The topological polar surface area (TPSA) is 67.5 Å². The lowest BCUT2D eigenvalue weighted by molar-refractivity contribution is -0.134. The molecule has 1 aliphatic carbocycles. The summed E-state index contributed by atoms with van der Waals surface area (Å²) in [5.41, 5.74) is 0.511. The summed E-state index contributed by atoms with van der Waals surface area (Å²) in [7, 11) is 0. The first-order valence-electron chi connectivity index (χ1n) is 11.7. The van der Waals surface area contributed by atoms with E-state index in [1.807, 2.05) is 35.8 Å². The number of aromatic nitrogens is 1. The van der Waals surface area contributed by atoms with Crippen molar-refractivity contribution < 1.29 is 14.0 Å². The molecule has 0 saturated heterocycles. The van der Waals surface area contributed by atoms with Gasteiger partial charge in [0.25, 0.3) is 5.91 Å². The molecule has 2 aromatic rings. The molecule has 0 spiro atoms. The van der Waals surface area contributed by atoms with Gasteiger partial charge in [-0.25, -0.2) is 0 Å². The SMILES string of the molecule is CC(C)CCN1C(=O)c2ccc(-c3ccco3)n2CC1(C)C(=O)NC1CCC(C)CC1. The molecule has 1 fully saturated rings. The Morgan fingerprint density at radius 3 is 2.55 bits per heavy atom. The molecule has 2 amide bonds. The van der Waals surface area contributed by atoms with Crippen LogP contribution in [0.4, 0.5) is 0 Å². The Balaban J connectivity index is 1.65. The maximum Gasteiger partial charge on any atom is 0.271 e. The van der Waals surface area contributed by atoms with Crippen molar-refractivity contribution in [3.8, 4) is 11.5 Å². The van der Waals surface area contributed by atoms with Crippen molar-refractivity contribution in [1.82, 2.24) is 14.8 Å². The summed E-state index contributed by atoms with van der Waals surface area (Å²) in [6, 6.07) is 7.68. The number of rotatable bonds is 6. The highest BCUT2D eigenvalue weighted by Gasteiger charge is 2.48. The number of carbonyl (C=O) groups excluding carboxylic acids is 2. The molecule has 4 rings (SSSR count). The van der Waals surface area contributed by atoms with Gasteiger partial charge in [0.15, 0.2) is 0 Å². The lowest BCUT2D eigenvalue weighted by Gasteiger charge is -2.45. The Kier molecular flexibility index (Phi) is 6.00. The van der Waals surface area contributed by atoms with Gasteiger partial charge < -0.3 is 19.2 Å². The highest BCUT2D eigenvalue weighted by atomic mass is 16.3. The van der Waals surface area contributed by atoms with E-state index >= 15 is 0 Å². The van der Waals surface area contributed by atoms with Gasteiger partial charge in [-0.2, -0.15) is 0 Å². The van der Waals surface area contributed by atoms with Crippen LogP contribution in [0.15, 0.2) is 34.9 Å². The van der Waals surface area contributed by atoms with Gasteiger partial charge in [-0.15, -0.1) is 0 Å². The first kappa shape index (κ1) is 21.7.